The van der Waals surface area contributed by atoms with Crippen LogP contribution in [0.5, 0.6) is 0 Å². The van der Waals surface area contributed by atoms with Gasteiger partial charge in [-0.25, -0.2) is 12.7 Å². The number of halogens is 1. The van der Waals surface area contributed by atoms with Gasteiger partial charge < -0.3 is 4.90 Å². The standard InChI is InChI=1S/C18H17ClN2O4S/c1-20(2)26(24,25)12-7-8-15(19)14(11-12)18(23)21-10-9-17(22)13-5-3-4-6-16(13)21/h3-8,11H,9-10H2,1-2H3. The number of Topliss-reactive ketones (excluding diaryl/α,β-unsaturated/α-hetero) is 1. The fourth-order valence-corrected chi connectivity index (χ4v) is 3.94. The first-order valence-electron chi connectivity index (χ1n) is 7.89. The number of hydrogen-bond donors (Lipinski definition) is 0. The summed E-state index contributed by atoms with van der Waals surface area (Å²) in [6.45, 7) is 0.218. The third kappa shape index (κ3) is 3.13. The molecule has 0 atom stereocenters. The lowest BCUT2D eigenvalue weighted by Gasteiger charge is -2.29. The van der Waals surface area contributed by atoms with Gasteiger partial charge in [0.2, 0.25) is 10.0 Å². The summed E-state index contributed by atoms with van der Waals surface area (Å²) in [5.74, 6) is -0.467. The minimum atomic E-state index is -3.70. The van der Waals surface area contributed by atoms with Crippen molar-refractivity contribution in [2.24, 2.45) is 0 Å². The third-order valence-corrected chi connectivity index (χ3v) is 6.39. The van der Waals surface area contributed by atoms with E-state index >= 15 is 0 Å². The van der Waals surface area contributed by atoms with E-state index in [2.05, 4.69) is 0 Å². The fourth-order valence-electron chi connectivity index (χ4n) is 2.81. The SMILES string of the molecule is CN(C)S(=O)(=O)c1ccc(Cl)c(C(=O)N2CCC(=O)c3ccccc32)c1. The van der Waals surface area contributed by atoms with Crippen LogP contribution in [0.4, 0.5) is 5.69 Å². The predicted molar refractivity (Wildman–Crippen MR) is 99.4 cm³/mol. The number of carbonyl (C=O) groups excluding carboxylic acids is 2. The average molecular weight is 393 g/mol. The lowest BCUT2D eigenvalue weighted by molar-refractivity contribution is 0.0955. The maximum absolute atomic E-state index is 13.1. The Morgan fingerprint density at radius 1 is 1.15 bits per heavy atom. The van der Waals surface area contributed by atoms with Crippen molar-refractivity contribution in [3.63, 3.8) is 0 Å². The second-order valence-electron chi connectivity index (χ2n) is 6.08. The molecule has 1 aliphatic heterocycles. The molecule has 1 aliphatic rings. The van der Waals surface area contributed by atoms with E-state index in [4.69, 9.17) is 11.6 Å². The molecular formula is C18H17ClN2O4S. The molecule has 0 saturated heterocycles. The molecule has 0 radical (unpaired) electrons. The topological polar surface area (TPSA) is 74.8 Å². The second-order valence-corrected chi connectivity index (χ2v) is 8.64. The number of carbonyl (C=O) groups is 2. The van der Waals surface area contributed by atoms with Crippen LogP contribution in [0.15, 0.2) is 47.4 Å². The molecule has 2 aromatic rings. The van der Waals surface area contributed by atoms with Crippen molar-refractivity contribution >= 4 is 39.0 Å². The Bertz CT molecular complexity index is 1000. The average Bonchev–Trinajstić information content (AvgIpc) is 2.62. The second kappa shape index (κ2) is 6.83. The Kier molecular flexibility index (Phi) is 4.88. The van der Waals surface area contributed by atoms with Gasteiger partial charge >= 0.3 is 0 Å². The van der Waals surface area contributed by atoms with Crippen LogP contribution in [0.2, 0.25) is 5.02 Å². The van der Waals surface area contributed by atoms with Crippen LogP contribution in [0, 0.1) is 0 Å². The quantitative estimate of drug-likeness (QED) is 0.804. The van der Waals surface area contributed by atoms with Gasteiger partial charge in [-0.3, -0.25) is 9.59 Å². The van der Waals surface area contributed by atoms with E-state index < -0.39 is 15.9 Å². The van der Waals surface area contributed by atoms with Crippen molar-refractivity contribution in [3.8, 4) is 0 Å². The minimum Gasteiger partial charge on any atom is -0.307 e. The molecule has 0 aliphatic carbocycles. The normalized spacial score (nSPS) is 14.5. The molecule has 0 unspecified atom stereocenters. The van der Waals surface area contributed by atoms with E-state index in [1.165, 1.54) is 37.2 Å². The number of sulfonamides is 1. The van der Waals surface area contributed by atoms with Crippen LogP contribution in [0.3, 0.4) is 0 Å². The molecule has 6 nitrogen and oxygen atoms in total. The highest BCUT2D eigenvalue weighted by Crippen LogP contribution is 2.30. The summed E-state index contributed by atoms with van der Waals surface area (Å²) in [4.78, 5) is 26.6. The van der Waals surface area contributed by atoms with Crippen LogP contribution in [0.1, 0.15) is 27.1 Å². The third-order valence-electron chi connectivity index (χ3n) is 4.25. The van der Waals surface area contributed by atoms with Crippen molar-refractivity contribution in [2.45, 2.75) is 11.3 Å². The first-order chi connectivity index (χ1) is 12.2. The van der Waals surface area contributed by atoms with Crippen LogP contribution in [-0.4, -0.2) is 45.1 Å². The van der Waals surface area contributed by atoms with Crippen molar-refractivity contribution < 1.29 is 18.0 Å². The number of nitrogens with zero attached hydrogens (tertiary/aromatic N) is 2. The monoisotopic (exact) mass is 392 g/mol. The molecule has 0 fully saturated rings. The zero-order chi connectivity index (χ0) is 19.1. The van der Waals surface area contributed by atoms with Gasteiger partial charge in [0, 0.05) is 32.6 Å². The van der Waals surface area contributed by atoms with Gasteiger partial charge in [0.15, 0.2) is 5.78 Å². The lowest BCUT2D eigenvalue weighted by Crippen LogP contribution is -2.37. The summed E-state index contributed by atoms with van der Waals surface area (Å²) >= 11 is 6.17. The van der Waals surface area contributed by atoms with Crippen LogP contribution in [-0.2, 0) is 10.0 Å². The molecule has 26 heavy (non-hydrogen) atoms. The fraction of sp³-hybridized carbons (Fsp3) is 0.222. The molecule has 0 saturated carbocycles. The van der Waals surface area contributed by atoms with Crippen molar-refractivity contribution in [3.05, 3.63) is 58.6 Å². The van der Waals surface area contributed by atoms with E-state index in [-0.39, 0.29) is 34.2 Å². The van der Waals surface area contributed by atoms with Gasteiger partial charge in [0.25, 0.3) is 5.91 Å². The number of rotatable bonds is 3. The number of amides is 1. The number of anilines is 1. The van der Waals surface area contributed by atoms with E-state index in [0.717, 1.165) is 4.31 Å². The first kappa shape index (κ1) is 18.6. The largest absolute Gasteiger partial charge is 0.307 e. The highest BCUT2D eigenvalue weighted by molar-refractivity contribution is 7.89. The van der Waals surface area contributed by atoms with Crippen LogP contribution >= 0.6 is 11.6 Å². The van der Waals surface area contributed by atoms with Gasteiger partial charge in [-0.1, -0.05) is 23.7 Å². The molecule has 3 rings (SSSR count). The number of para-hydroxylation sites is 1. The summed E-state index contributed by atoms with van der Waals surface area (Å²) in [6, 6.07) is 10.9. The van der Waals surface area contributed by atoms with Gasteiger partial charge in [0.1, 0.15) is 0 Å². The number of ketones is 1. The van der Waals surface area contributed by atoms with E-state index in [1.54, 1.807) is 24.3 Å². The summed E-state index contributed by atoms with van der Waals surface area (Å²) in [5, 5.41) is 0.155. The summed E-state index contributed by atoms with van der Waals surface area (Å²) < 4.78 is 25.8. The number of fused-ring (bicyclic) bond motifs is 1. The molecule has 2 aromatic carbocycles. The summed E-state index contributed by atoms with van der Waals surface area (Å²) in [6.07, 6.45) is 0.204. The summed E-state index contributed by atoms with van der Waals surface area (Å²) in [7, 11) is -0.871. The van der Waals surface area contributed by atoms with Gasteiger partial charge in [-0.15, -0.1) is 0 Å². The highest BCUT2D eigenvalue weighted by Gasteiger charge is 2.29. The Morgan fingerprint density at radius 2 is 1.85 bits per heavy atom. The van der Waals surface area contributed by atoms with Crippen LogP contribution in [0.25, 0.3) is 0 Å². The molecule has 0 aromatic heterocycles. The van der Waals surface area contributed by atoms with E-state index in [0.29, 0.717) is 11.3 Å². The van der Waals surface area contributed by atoms with Crippen molar-refractivity contribution in [1.29, 1.82) is 0 Å². The predicted octanol–water partition coefficient (Wildman–Crippen LogP) is 2.82. The zero-order valence-corrected chi connectivity index (χ0v) is 15.8. The summed E-state index contributed by atoms with van der Waals surface area (Å²) in [5.41, 5.74) is 1.06. The highest BCUT2D eigenvalue weighted by atomic mass is 35.5. The van der Waals surface area contributed by atoms with Gasteiger partial charge in [0.05, 0.1) is 21.2 Å². The molecule has 1 heterocycles. The first-order valence-corrected chi connectivity index (χ1v) is 9.71. The minimum absolute atomic E-state index is 0.0170. The van der Waals surface area contributed by atoms with Crippen molar-refractivity contribution in [1.82, 2.24) is 4.31 Å². The zero-order valence-electron chi connectivity index (χ0n) is 14.3. The van der Waals surface area contributed by atoms with Gasteiger partial charge in [-0.05, 0) is 30.3 Å². The Labute approximate surface area is 157 Å². The van der Waals surface area contributed by atoms with Crippen LogP contribution < -0.4 is 4.90 Å². The lowest BCUT2D eigenvalue weighted by atomic mass is 9.99. The van der Waals surface area contributed by atoms with Gasteiger partial charge in [-0.2, -0.15) is 0 Å². The number of benzene rings is 2. The maximum atomic E-state index is 13.1. The molecule has 1 amide bonds. The number of hydrogen-bond acceptors (Lipinski definition) is 4. The molecule has 0 spiro atoms. The molecule has 136 valence electrons. The maximum Gasteiger partial charge on any atom is 0.259 e. The Morgan fingerprint density at radius 3 is 2.54 bits per heavy atom. The Hall–Kier alpha value is -2.22. The molecular weight excluding hydrogens is 376 g/mol. The Balaban J connectivity index is 2.07. The molecule has 8 heteroatoms. The molecule has 0 N–H and O–H groups in total. The van der Waals surface area contributed by atoms with E-state index in [1.807, 2.05) is 0 Å². The smallest absolute Gasteiger partial charge is 0.259 e. The van der Waals surface area contributed by atoms with E-state index in [9.17, 15) is 18.0 Å². The molecule has 0 bridgehead atoms. The van der Waals surface area contributed by atoms with Crippen molar-refractivity contribution in [2.75, 3.05) is 25.5 Å².